The Kier molecular flexibility index (Phi) is 5.98. The third kappa shape index (κ3) is 4.93. The van der Waals surface area contributed by atoms with Crippen molar-refractivity contribution in [3.63, 3.8) is 0 Å². The topological polar surface area (TPSA) is 137 Å². The van der Waals surface area contributed by atoms with E-state index >= 15 is 0 Å². The van der Waals surface area contributed by atoms with Gasteiger partial charge in [-0.2, -0.15) is 10.2 Å². The summed E-state index contributed by atoms with van der Waals surface area (Å²) >= 11 is 0. The predicted octanol–water partition coefficient (Wildman–Crippen LogP) is 1.70. The smallest absolute Gasteiger partial charge is 0.356 e. The fourth-order valence-corrected chi connectivity index (χ4v) is 2.17. The number of ether oxygens (including phenoxy) is 1. The lowest BCUT2D eigenvalue weighted by atomic mass is 9.91. The van der Waals surface area contributed by atoms with Crippen molar-refractivity contribution < 1.29 is 29.3 Å². The van der Waals surface area contributed by atoms with Gasteiger partial charge in [-0.05, 0) is 32.4 Å². The highest BCUT2D eigenvalue weighted by Crippen LogP contribution is 2.22. The average Bonchev–Trinajstić information content (AvgIpc) is 3.27. The van der Waals surface area contributed by atoms with E-state index in [4.69, 9.17) is 14.9 Å². The molecule has 0 amide bonds. The first-order valence-corrected chi connectivity index (χ1v) is 8.36. The maximum Gasteiger partial charge on any atom is 0.356 e. The summed E-state index contributed by atoms with van der Waals surface area (Å²) in [4.78, 5) is 34.3. The van der Waals surface area contributed by atoms with Crippen LogP contribution in [0.5, 0.6) is 0 Å². The molecule has 10 nitrogen and oxygen atoms in total. The molecule has 10 heteroatoms. The van der Waals surface area contributed by atoms with Crippen LogP contribution in [0.15, 0.2) is 24.5 Å². The fraction of sp³-hybridized carbons (Fsp3) is 0.471. The summed E-state index contributed by atoms with van der Waals surface area (Å²) in [6.07, 6.45) is 3.55. The monoisotopic (exact) mass is 378 g/mol. The maximum atomic E-state index is 12.2. The Hall–Kier alpha value is -3.17. The van der Waals surface area contributed by atoms with E-state index in [0.29, 0.717) is 6.42 Å². The molecule has 1 atom stereocenters. The van der Waals surface area contributed by atoms with Crippen molar-refractivity contribution in [1.82, 2.24) is 19.6 Å². The van der Waals surface area contributed by atoms with Gasteiger partial charge in [-0.3, -0.25) is 14.2 Å². The Morgan fingerprint density at radius 2 is 1.70 bits per heavy atom. The quantitative estimate of drug-likeness (QED) is 0.629. The van der Waals surface area contributed by atoms with Crippen molar-refractivity contribution in [2.75, 3.05) is 6.61 Å². The zero-order valence-electron chi connectivity index (χ0n) is 15.3. The van der Waals surface area contributed by atoms with Crippen LogP contribution in [0.3, 0.4) is 0 Å². The zero-order chi connectivity index (χ0) is 20.2. The lowest BCUT2D eigenvalue weighted by molar-refractivity contribution is -0.155. The number of hydrogen-bond acceptors (Lipinski definition) is 6. The number of carbonyl (C=O) groups is 3. The Morgan fingerprint density at radius 1 is 1.11 bits per heavy atom. The maximum absolute atomic E-state index is 12.2. The van der Waals surface area contributed by atoms with Crippen molar-refractivity contribution in [2.45, 2.75) is 39.8 Å². The van der Waals surface area contributed by atoms with E-state index < -0.39 is 23.4 Å². The number of hydrogen-bond donors (Lipinski definition) is 2. The van der Waals surface area contributed by atoms with Crippen LogP contribution in [0.25, 0.3) is 0 Å². The number of carbonyl (C=O) groups excluding carboxylic acids is 1. The second-order valence-corrected chi connectivity index (χ2v) is 6.70. The van der Waals surface area contributed by atoms with E-state index in [2.05, 4.69) is 10.2 Å². The van der Waals surface area contributed by atoms with E-state index in [1.54, 1.807) is 13.8 Å². The summed E-state index contributed by atoms with van der Waals surface area (Å²) in [6.45, 7) is 5.50. The van der Waals surface area contributed by atoms with E-state index in [9.17, 15) is 14.4 Å². The molecule has 0 saturated carbocycles. The van der Waals surface area contributed by atoms with Gasteiger partial charge in [-0.15, -0.1) is 0 Å². The molecule has 0 aliphatic carbocycles. The van der Waals surface area contributed by atoms with E-state index in [1.165, 1.54) is 33.9 Å². The summed E-state index contributed by atoms with van der Waals surface area (Å²) < 4.78 is 8.16. The molecule has 0 aromatic carbocycles. The molecule has 2 aromatic heterocycles. The molecular formula is C17H22N4O6. The number of nitrogens with zero attached hydrogens (tertiary/aromatic N) is 4. The van der Waals surface area contributed by atoms with Gasteiger partial charge in [0.15, 0.2) is 11.4 Å². The highest BCUT2D eigenvalue weighted by molar-refractivity contribution is 5.85. The Morgan fingerprint density at radius 3 is 2.22 bits per heavy atom. The molecule has 0 bridgehead atoms. The van der Waals surface area contributed by atoms with Crippen LogP contribution >= 0.6 is 0 Å². The van der Waals surface area contributed by atoms with Crippen molar-refractivity contribution in [1.29, 1.82) is 0 Å². The van der Waals surface area contributed by atoms with E-state index in [0.717, 1.165) is 0 Å². The van der Waals surface area contributed by atoms with Crippen molar-refractivity contribution in [3.05, 3.63) is 35.9 Å². The fourth-order valence-electron chi connectivity index (χ4n) is 2.17. The minimum Gasteiger partial charge on any atom is -0.476 e. The second-order valence-electron chi connectivity index (χ2n) is 6.70. The molecule has 0 saturated heterocycles. The number of aromatic nitrogens is 4. The molecule has 146 valence electrons. The summed E-state index contributed by atoms with van der Waals surface area (Å²) in [5.41, 5.74) is -0.917. The van der Waals surface area contributed by atoms with Gasteiger partial charge in [-0.1, -0.05) is 6.92 Å². The molecule has 2 heterocycles. The normalized spacial score (nSPS) is 12.6. The Labute approximate surface area is 155 Å². The Balaban J connectivity index is 2.20. The van der Waals surface area contributed by atoms with Crippen LogP contribution in [0.4, 0.5) is 0 Å². The molecule has 0 spiro atoms. The van der Waals surface area contributed by atoms with Crippen molar-refractivity contribution in [3.8, 4) is 0 Å². The minimum atomic E-state index is -1.18. The van der Waals surface area contributed by atoms with E-state index in [-0.39, 0.29) is 30.5 Å². The third-order valence-electron chi connectivity index (χ3n) is 4.30. The van der Waals surface area contributed by atoms with Crippen LogP contribution in [0.1, 0.15) is 54.2 Å². The minimum absolute atomic E-state index is 0.0642. The molecular weight excluding hydrogens is 356 g/mol. The molecule has 2 aromatic rings. The van der Waals surface area contributed by atoms with Crippen LogP contribution in [0, 0.1) is 5.41 Å². The van der Waals surface area contributed by atoms with Crippen molar-refractivity contribution in [2.24, 2.45) is 5.41 Å². The second kappa shape index (κ2) is 8.02. The highest BCUT2D eigenvalue weighted by Gasteiger charge is 2.28. The standard InChI is InChI=1S/C17H22N4O6/c1-4-17(2,3)16(26)27-10-11(21-8-6-13(19-21)15(24)25)9-20-7-5-12(18-20)14(22)23/h5-8,11H,4,9-10H2,1-3H3,(H,22,23)(H,24,25). The number of carboxylic acids is 2. The van der Waals surface area contributed by atoms with Gasteiger partial charge in [0.1, 0.15) is 12.6 Å². The first-order chi connectivity index (χ1) is 12.6. The first-order valence-electron chi connectivity index (χ1n) is 8.36. The van der Waals surface area contributed by atoms with Gasteiger partial charge >= 0.3 is 17.9 Å². The van der Waals surface area contributed by atoms with Crippen LogP contribution in [0.2, 0.25) is 0 Å². The molecule has 0 aliphatic heterocycles. The van der Waals surface area contributed by atoms with Crippen LogP contribution < -0.4 is 0 Å². The predicted molar refractivity (Wildman–Crippen MR) is 92.4 cm³/mol. The average molecular weight is 378 g/mol. The molecule has 2 rings (SSSR count). The number of aromatic carboxylic acids is 2. The number of carboxylic acid groups (broad SMARTS) is 2. The van der Waals surface area contributed by atoms with Crippen LogP contribution in [-0.4, -0.2) is 54.3 Å². The number of esters is 1. The summed E-state index contributed by atoms with van der Waals surface area (Å²) in [6, 6.07) is 2.12. The molecule has 27 heavy (non-hydrogen) atoms. The van der Waals surface area contributed by atoms with Crippen molar-refractivity contribution >= 4 is 17.9 Å². The molecule has 0 radical (unpaired) electrons. The van der Waals surface area contributed by atoms with Gasteiger partial charge in [-0.25, -0.2) is 9.59 Å². The molecule has 0 fully saturated rings. The molecule has 1 unspecified atom stereocenters. The number of rotatable bonds is 9. The zero-order valence-corrected chi connectivity index (χ0v) is 15.3. The lowest BCUT2D eigenvalue weighted by Crippen LogP contribution is -2.30. The van der Waals surface area contributed by atoms with Crippen LogP contribution in [-0.2, 0) is 16.1 Å². The first kappa shape index (κ1) is 20.1. The summed E-state index contributed by atoms with van der Waals surface area (Å²) in [5.74, 6) is -2.72. The van der Waals surface area contributed by atoms with Gasteiger partial charge in [0.05, 0.1) is 12.0 Å². The molecule has 2 N–H and O–H groups in total. The SMILES string of the molecule is CCC(C)(C)C(=O)OCC(Cn1ccc(C(=O)O)n1)n1ccc(C(=O)O)n1. The molecule has 0 aliphatic rings. The summed E-state index contributed by atoms with van der Waals surface area (Å²) in [7, 11) is 0. The third-order valence-corrected chi connectivity index (χ3v) is 4.30. The van der Waals surface area contributed by atoms with Gasteiger partial charge in [0, 0.05) is 12.4 Å². The highest BCUT2D eigenvalue weighted by atomic mass is 16.5. The van der Waals surface area contributed by atoms with E-state index in [1.807, 2.05) is 6.92 Å². The largest absolute Gasteiger partial charge is 0.476 e. The van der Waals surface area contributed by atoms with Gasteiger partial charge in [0.25, 0.3) is 0 Å². The summed E-state index contributed by atoms with van der Waals surface area (Å²) in [5, 5.41) is 25.9. The lowest BCUT2D eigenvalue weighted by Gasteiger charge is -2.23. The van der Waals surface area contributed by atoms with Gasteiger partial charge < -0.3 is 14.9 Å². The Bertz CT molecular complexity index is 838. The van der Waals surface area contributed by atoms with Gasteiger partial charge in [0.2, 0.25) is 0 Å².